The van der Waals surface area contributed by atoms with Gasteiger partial charge in [-0.1, -0.05) is 20.8 Å². The minimum atomic E-state index is -3.48. The highest BCUT2D eigenvalue weighted by atomic mass is 32.2. The fraction of sp³-hybridized carbons (Fsp3) is 0.654. The Labute approximate surface area is 218 Å². The highest BCUT2D eigenvalue weighted by Gasteiger charge is 2.41. The zero-order valence-corrected chi connectivity index (χ0v) is 25.1. The molecule has 0 spiro atoms. The average Bonchev–Trinajstić information content (AvgIpc) is 3.37. The first-order valence-corrected chi connectivity index (χ1v) is 17.3. The lowest BCUT2D eigenvalue weighted by Gasteiger charge is -2.38. The summed E-state index contributed by atoms with van der Waals surface area (Å²) in [5, 5.41) is 8.79. The Kier molecular flexibility index (Phi) is 6.90. The van der Waals surface area contributed by atoms with Crippen LogP contribution < -0.4 is 14.9 Å². The molecule has 0 saturated heterocycles. The summed E-state index contributed by atoms with van der Waals surface area (Å²) in [6.07, 6.45) is 3.44. The van der Waals surface area contributed by atoms with Crippen molar-refractivity contribution in [1.29, 1.82) is 0 Å². The van der Waals surface area contributed by atoms with Crippen molar-refractivity contribution in [3.63, 3.8) is 0 Å². The zero-order valence-electron chi connectivity index (χ0n) is 23.3. The monoisotopic (exact) mass is 533 g/mol. The fourth-order valence-electron chi connectivity index (χ4n) is 4.72. The molecule has 1 aromatic carbocycles. The topological polar surface area (TPSA) is 88.5 Å². The van der Waals surface area contributed by atoms with E-state index < -0.39 is 18.3 Å². The minimum Gasteiger partial charge on any atom is -0.414 e. The molecule has 2 heterocycles. The van der Waals surface area contributed by atoms with Gasteiger partial charge in [-0.3, -0.25) is 0 Å². The predicted octanol–water partition coefficient (Wildman–Crippen LogP) is 5.73. The van der Waals surface area contributed by atoms with Crippen molar-refractivity contribution >= 4 is 35.5 Å². The third-order valence-corrected chi connectivity index (χ3v) is 13.8. The lowest BCUT2D eigenvalue weighted by Crippen LogP contribution is -2.43. The van der Waals surface area contributed by atoms with E-state index in [0.717, 1.165) is 36.5 Å². The smallest absolute Gasteiger partial charge is 0.244 e. The summed E-state index contributed by atoms with van der Waals surface area (Å²) in [6, 6.07) is 7.53. The summed E-state index contributed by atoms with van der Waals surface area (Å²) in [6.45, 7) is 18.2. The molecule has 1 aliphatic carbocycles. The Hall–Kier alpha value is -1.88. The molecule has 2 N–H and O–H groups in total. The highest BCUT2D eigenvalue weighted by Crippen LogP contribution is 2.43. The van der Waals surface area contributed by atoms with E-state index >= 15 is 0 Å². The normalized spacial score (nSPS) is 22.5. The molecular weight excluding hydrogens is 490 g/mol. The van der Waals surface area contributed by atoms with Gasteiger partial charge in [-0.15, -0.1) is 0 Å². The summed E-state index contributed by atoms with van der Waals surface area (Å²) in [5.74, 6) is 1.28. The highest BCUT2D eigenvalue weighted by molar-refractivity contribution is 7.89. The minimum absolute atomic E-state index is 0.203. The average molecular weight is 534 g/mol. The summed E-state index contributed by atoms with van der Waals surface area (Å²) >= 11 is 0. The number of benzene rings is 1. The van der Waals surface area contributed by atoms with Crippen LogP contribution >= 0.6 is 0 Å². The van der Waals surface area contributed by atoms with Crippen LogP contribution in [-0.4, -0.2) is 46.3 Å². The number of anilines is 3. The zero-order chi connectivity index (χ0) is 26.7. The van der Waals surface area contributed by atoms with Gasteiger partial charge in [-0.05, 0) is 76.4 Å². The van der Waals surface area contributed by atoms with Crippen LogP contribution in [0.5, 0.6) is 0 Å². The third kappa shape index (κ3) is 5.37. The second-order valence-corrected chi connectivity index (χ2v) is 19.4. The van der Waals surface area contributed by atoms with Crippen LogP contribution in [0, 0.1) is 0 Å². The maximum Gasteiger partial charge on any atom is 0.244 e. The number of hydrogen-bond donors (Lipinski definition) is 2. The van der Waals surface area contributed by atoms with E-state index in [4.69, 9.17) is 9.52 Å². The molecule has 1 aromatic heterocycles. The molecule has 200 valence electrons. The van der Waals surface area contributed by atoms with Gasteiger partial charge in [-0.25, -0.2) is 13.1 Å². The van der Waals surface area contributed by atoms with Gasteiger partial charge in [0.1, 0.15) is 10.7 Å². The Morgan fingerprint density at radius 2 is 1.81 bits per heavy atom. The molecule has 0 bridgehead atoms. The van der Waals surface area contributed by atoms with E-state index in [9.17, 15) is 8.42 Å². The molecule has 8 nitrogen and oxygen atoms in total. The van der Waals surface area contributed by atoms with Gasteiger partial charge >= 0.3 is 0 Å². The van der Waals surface area contributed by atoms with Crippen LogP contribution in [0.4, 0.5) is 17.2 Å². The first kappa shape index (κ1) is 27.2. The van der Waals surface area contributed by atoms with Crippen LogP contribution in [0.15, 0.2) is 29.2 Å². The second kappa shape index (κ2) is 9.15. The van der Waals surface area contributed by atoms with Crippen LogP contribution in [-0.2, 0) is 20.0 Å². The maximum absolute atomic E-state index is 12.4. The van der Waals surface area contributed by atoms with Crippen molar-refractivity contribution in [2.75, 3.05) is 23.9 Å². The third-order valence-electron chi connectivity index (χ3n) is 7.86. The predicted molar refractivity (Wildman–Crippen MR) is 149 cm³/mol. The molecule has 0 unspecified atom stereocenters. The Morgan fingerprint density at radius 1 is 1.11 bits per heavy atom. The molecule has 1 saturated carbocycles. The maximum atomic E-state index is 12.4. The Bertz CT molecular complexity index is 1230. The summed E-state index contributed by atoms with van der Waals surface area (Å²) in [5.41, 5.74) is 2.40. The van der Waals surface area contributed by atoms with Crippen molar-refractivity contribution in [2.45, 2.75) is 101 Å². The van der Waals surface area contributed by atoms with Gasteiger partial charge in [-0.2, -0.15) is 9.82 Å². The lowest BCUT2D eigenvalue weighted by atomic mass is 10.0. The number of fused-ring (bicyclic) bond motifs is 1. The standard InChI is InChI=1S/C26H43N5O3SSi/c1-25(2,3)31-24(28-19-11-13-23-22(15-19)30(7)17-27-35(23,32)33)16-21(29-31)18-10-12-20(14-18)34-36(8,9)26(4,5)6/h11,13,15-16,18,20,27-28H,10,12,14,17H2,1-9H3/t18-,20+/m0/s1. The molecule has 0 radical (unpaired) electrons. The Morgan fingerprint density at radius 3 is 2.44 bits per heavy atom. The van der Waals surface area contributed by atoms with E-state index in [2.05, 4.69) is 70.7 Å². The number of nitrogens with one attached hydrogen (secondary N) is 2. The first-order chi connectivity index (χ1) is 16.5. The molecule has 2 atom stereocenters. The van der Waals surface area contributed by atoms with Crippen LogP contribution in [0.25, 0.3) is 0 Å². The van der Waals surface area contributed by atoms with E-state index in [1.807, 2.05) is 28.8 Å². The van der Waals surface area contributed by atoms with E-state index in [0.29, 0.717) is 22.6 Å². The molecule has 2 aromatic rings. The van der Waals surface area contributed by atoms with E-state index in [1.54, 1.807) is 6.07 Å². The quantitative estimate of drug-likeness (QED) is 0.478. The SMILES string of the molecule is CN1CNS(=O)(=O)c2ccc(Nc3cc([C@H]4CC[C@@H](O[Si](C)(C)C(C)(C)C)C4)nn3C(C)(C)C)cc21. The number of rotatable bonds is 5. The van der Waals surface area contributed by atoms with Crippen LogP contribution in [0.2, 0.25) is 18.1 Å². The molecule has 4 rings (SSSR count). The van der Waals surface area contributed by atoms with E-state index in [1.165, 1.54) is 0 Å². The molecule has 1 fully saturated rings. The van der Waals surface area contributed by atoms with Crippen molar-refractivity contribution < 1.29 is 12.8 Å². The first-order valence-electron chi connectivity index (χ1n) is 12.9. The Balaban J connectivity index is 1.58. The van der Waals surface area contributed by atoms with Gasteiger partial charge in [0.2, 0.25) is 10.0 Å². The number of sulfonamides is 1. The second-order valence-electron chi connectivity index (χ2n) is 12.9. The molecule has 10 heteroatoms. The van der Waals surface area contributed by atoms with Gasteiger partial charge < -0.3 is 14.6 Å². The summed E-state index contributed by atoms with van der Waals surface area (Å²) in [7, 11) is -3.40. The van der Waals surface area contributed by atoms with Crippen molar-refractivity contribution in [2.24, 2.45) is 0 Å². The number of aromatic nitrogens is 2. The van der Waals surface area contributed by atoms with Crippen molar-refractivity contribution in [3.05, 3.63) is 30.0 Å². The molecule has 1 aliphatic heterocycles. The van der Waals surface area contributed by atoms with E-state index in [-0.39, 0.29) is 17.2 Å². The van der Waals surface area contributed by atoms with Crippen LogP contribution in [0.1, 0.15) is 72.4 Å². The van der Waals surface area contributed by atoms with Gasteiger partial charge in [0.25, 0.3) is 0 Å². The summed E-state index contributed by atoms with van der Waals surface area (Å²) in [4.78, 5) is 2.19. The summed E-state index contributed by atoms with van der Waals surface area (Å²) < 4.78 is 36.2. The van der Waals surface area contributed by atoms with Crippen molar-refractivity contribution in [1.82, 2.24) is 14.5 Å². The molecule has 0 amide bonds. The van der Waals surface area contributed by atoms with Crippen LogP contribution in [0.3, 0.4) is 0 Å². The van der Waals surface area contributed by atoms with Gasteiger partial charge in [0.15, 0.2) is 8.32 Å². The van der Waals surface area contributed by atoms with Crippen molar-refractivity contribution in [3.8, 4) is 0 Å². The molecular formula is C26H43N5O3SSi. The van der Waals surface area contributed by atoms with Gasteiger partial charge in [0.05, 0.1) is 23.6 Å². The fourth-order valence-corrected chi connectivity index (χ4v) is 7.38. The largest absolute Gasteiger partial charge is 0.414 e. The van der Waals surface area contributed by atoms with Gasteiger partial charge in [0, 0.05) is 30.8 Å². The number of hydrogen-bond acceptors (Lipinski definition) is 6. The molecule has 2 aliphatic rings. The lowest BCUT2D eigenvalue weighted by molar-refractivity contribution is 0.186. The number of nitrogens with zero attached hydrogens (tertiary/aromatic N) is 3. The molecule has 36 heavy (non-hydrogen) atoms.